The summed E-state index contributed by atoms with van der Waals surface area (Å²) in [6, 6.07) is 7.53. The Hall–Kier alpha value is -1.84. The highest BCUT2D eigenvalue weighted by Gasteiger charge is 2.40. The highest BCUT2D eigenvalue weighted by atomic mass is 16.4. The van der Waals surface area contributed by atoms with Crippen LogP contribution in [0.2, 0.25) is 0 Å². The molecule has 0 aliphatic rings. The Balaban J connectivity index is 3.17. The number of aryl methyl sites for hydroxylation is 1. The van der Waals surface area contributed by atoms with E-state index in [0.29, 0.717) is 6.54 Å². The van der Waals surface area contributed by atoms with Crippen LogP contribution in [0.5, 0.6) is 0 Å². The minimum absolute atomic E-state index is 0.363. The summed E-state index contributed by atoms with van der Waals surface area (Å²) in [6.45, 7) is 9.56. The van der Waals surface area contributed by atoms with E-state index in [4.69, 9.17) is 0 Å². The van der Waals surface area contributed by atoms with Gasteiger partial charge in [-0.1, -0.05) is 32.9 Å². The average molecular weight is 277 g/mol. The fraction of sp³-hybridized carbons (Fsp3) is 0.500. The Morgan fingerprint density at radius 2 is 1.90 bits per heavy atom. The van der Waals surface area contributed by atoms with Gasteiger partial charge in [-0.15, -0.1) is 0 Å². The molecule has 0 saturated carbocycles. The highest BCUT2D eigenvalue weighted by molar-refractivity contribution is 6.06. The van der Waals surface area contributed by atoms with Crippen molar-refractivity contribution in [1.82, 2.24) is 0 Å². The molecule has 0 fully saturated rings. The Bertz CT molecular complexity index is 503. The van der Waals surface area contributed by atoms with Crippen LogP contribution in [0.4, 0.5) is 5.69 Å². The molecule has 110 valence electrons. The molecule has 1 amide bonds. The lowest BCUT2D eigenvalue weighted by molar-refractivity contribution is -0.150. The summed E-state index contributed by atoms with van der Waals surface area (Å²) < 4.78 is 0. The zero-order chi connectivity index (χ0) is 15.5. The van der Waals surface area contributed by atoms with Gasteiger partial charge in [0.05, 0.1) is 0 Å². The number of rotatable bonds is 4. The molecule has 4 heteroatoms. The molecule has 0 aliphatic carbocycles. The number of anilines is 1. The van der Waals surface area contributed by atoms with Crippen LogP contribution in [0, 0.1) is 18.3 Å². The Morgan fingerprint density at radius 3 is 2.30 bits per heavy atom. The van der Waals surface area contributed by atoms with E-state index in [2.05, 4.69) is 0 Å². The van der Waals surface area contributed by atoms with E-state index in [0.717, 1.165) is 11.3 Å². The Labute approximate surface area is 120 Å². The predicted molar refractivity (Wildman–Crippen MR) is 79.8 cm³/mol. The molecule has 1 N–H and O–H groups in total. The predicted octanol–water partition coefficient (Wildman–Crippen LogP) is 3.09. The lowest BCUT2D eigenvalue weighted by Gasteiger charge is -2.31. The normalized spacial score (nSPS) is 12.8. The summed E-state index contributed by atoms with van der Waals surface area (Å²) >= 11 is 0. The van der Waals surface area contributed by atoms with E-state index >= 15 is 0 Å². The zero-order valence-electron chi connectivity index (χ0n) is 12.8. The fourth-order valence-electron chi connectivity index (χ4n) is 2.26. The highest BCUT2D eigenvalue weighted by Crippen LogP contribution is 2.30. The molecular formula is C16H23NO3. The summed E-state index contributed by atoms with van der Waals surface area (Å²) in [5, 5.41) is 9.38. The number of carboxylic acid groups (broad SMARTS) is 1. The van der Waals surface area contributed by atoms with Crippen molar-refractivity contribution in [2.75, 3.05) is 11.4 Å². The molecule has 1 aromatic rings. The van der Waals surface area contributed by atoms with Crippen LogP contribution in [-0.4, -0.2) is 23.5 Å². The number of amides is 1. The maximum Gasteiger partial charge on any atom is 0.316 e. The number of nitrogens with zero attached hydrogens (tertiary/aromatic N) is 1. The molecule has 4 nitrogen and oxygen atoms in total. The fourth-order valence-corrected chi connectivity index (χ4v) is 2.26. The smallest absolute Gasteiger partial charge is 0.316 e. The zero-order valence-corrected chi connectivity index (χ0v) is 12.8. The molecule has 0 radical (unpaired) electrons. The first-order valence-corrected chi connectivity index (χ1v) is 6.79. The monoisotopic (exact) mass is 277 g/mol. The molecular weight excluding hydrogens is 254 g/mol. The van der Waals surface area contributed by atoms with Gasteiger partial charge in [0.2, 0.25) is 5.91 Å². The Kier molecular flexibility index (Phi) is 4.93. The van der Waals surface area contributed by atoms with Crippen LogP contribution in [0.1, 0.15) is 33.3 Å². The van der Waals surface area contributed by atoms with Crippen LogP contribution in [0.25, 0.3) is 0 Å². The second-order valence-electron chi connectivity index (χ2n) is 6.06. The number of aliphatic carboxylic acids is 1. The number of carbonyl (C=O) groups is 2. The lowest BCUT2D eigenvalue weighted by atomic mass is 9.79. The number of hydrogen-bond acceptors (Lipinski definition) is 2. The molecule has 0 aromatic heterocycles. The van der Waals surface area contributed by atoms with Crippen molar-refractivity contribution in [2.45, 2.75) is 34.6 Å². The molecule has 1 aromatic carbocycles. The van der Waals surface area contributed by atoms with Gasteiger partial charge in [0, 0.05) is 12.2 Å². The van der Waals surface area contributed by atoms with Crippen LogP contribution < -0.4 is 4.90 Å². The van der Waals surface area contributed by atoms with Crippen molar-refractivity contribution in [1.29, 1.82) is 0 Å². The minimum atomic E-state index is -1.08. The second-order valence-corrected chi connectivity index (χ2v) is 6.06. The van der Waals surface area contributed by atoms with Gasteiger partial charge >= 0.3 is 5.97 Å². The quantitative estimate of drug-likeness (QED) is 0.860. The summed E-state index contributed by atoms with van der Waals surface area (Å²) in [6.07, 6.45) is 0. The van der Waals surface area contributed by atoms with Gasteiger partial charge in [-0.3, -0.25) is 9.59 Å². The van der Waals surface area contributed by atoms with Crippen molar-refractivity contribution >= 4 is 17.6 Å². The van der Waals surface area contributed by atoms with E-state index in [1.165, 1.54) is 4.90 Å². The lowest BCUT2D eigenvalue weighted by Crippen LogP contribution is -2.45. The third-order valence-corrected chi connectivity index (χ3v) is 3.26. The van der Waals surface area contributed by atoms with E-state index in [-0.39, 0.29) is 5.91 Å². The number of hydrogen-bond donors (Lipinski definition) is 1. The first-order chi connectivity index (χ1) is 9.18. The van der Waals surface area contributed by atoms with Gasteiger partial charge in [-0.05, 0) is 37.0 Å². The van der Waals surface area contributed by atoms with Gasteiger partial charge in [-0.25, -0.2) is 0 Å². The van der Waals surface area contributed by atoms with Crippen molar-refractivity contribution < 1.29 is 14.7 Å². The molecule has 0 heterocycles. The molecule has 20 heavy (non-hydrogen) atoms. The maximum atomic E-state index is 12.6. The number of benzene rings is 1. The first-order valence-electron chi connectivity index (χ1n) is 6.79. The molecule has 0 saturated heterocycles. The van der Waals surface area contributed by atoms with Crippen molar-refractivity contribution in [3.63, 3.8) is 0 Å². The van der Waals surface area contributed by atoms with E-state index < -0.39 is 17.3 Å². The standard InChI is InChI=1S/C16H23NO3/c1-6-17(12-9-7-8-11(2)10-12)14(18)13(15(19)20)16(3,4)5/h7-10,13H,6H2,1-5H3,(H,19,20). The van der Waals surface area contributed by atoms with Gasteiger partial charge in [0.25, 0.3) is 0 Å². The molecule has 1 unspecified atom stereocenters. The molecule has 0 spiro atoms. The van der Waals surface area contributed by atoms with Gasteiger partial charge in [-0.2, -0.15) is 0 Å². The second kappa shape index (κ2) is 6.07. The van der Waals surface area contributed by atoms with Gasteiger partial charge in [0.1, 0.15) is 5.92 Å². The molecule has 0 bridgehead atoms. The van der Waals surface area contributed by atoms with Crippen LogP contribution in [0.15, 0.2) is 24.3 Å². The molecule has 1 atom stereocenters. The first kappa shape index (κ1) is 16.2. The topological polar surface area (TPSA) is 57.6 Å². The van der Waals surface area contributed by atoms with Gasteiger partial charge < -0.3 is 10.0 Å². The average Bonchev–Trinajstić information content (AvgIpc) is 2.27. The summed E-state index contributed by atoms with van der Waals surface area (Å²) in [5.41, 5.74) is 1.16. The summed E-state index contributed by atoms with van der Waals surface area (Å²) in [7, 11) is 0. The third-order valence-electron chi connectivity index (χ3n) is 3.26. The number of carboxylic acids is 1. The van der Waals surface area contributed by atoms with E-state index in [1.54, 1.807) is 20.8 Å². The summed E-state index contributed by atoms with van der Waals surface area (Å²) in [4.78, 5) is 25.6. The van der Waals surface area contributed by atoms with Gasteiger partial charge in [0.15, 0.2) is 0 Å². The van der Waals surface area contributed by atoms with E-state index in [9.17, 15) is 14.7 Å². The van der Waals surface area contributed by atoms with Crippen molar-refractivity contribution in [3.05, 3.63) is 29.8 Å². The number of carbonyl (C=O) groups excluding carboxylic acids is 1. The molecule has 0 aliphatic heterocycles. The SMILES string of the molecule is CCN(C(=O)C(C(=O)O)C(C)(C)C)c1cccc(C)c1. The third kappa shape index (κ3) is 3.59. The van der Waals surface area contributed by atoms with Crippen molar-refractivity contribution in [3.8, 4) is 0 Å². The van der Waals surface area contributed by atoms with Crippen LogP contribution in [0.3, 0.4) is 0 Å². The summed E-state index contributed by atoms with van der Waals surface area (Å²) in [5.74, 6) is -2.49. The maximum absolute atomic E-state index is 12.6. The van der Waals surface area contributed by atoms with Crippen molar-refractivity contribution in [2.24, 2.45) is 11.3 Å². The Morgan fingerprint density at radius 1 is 1.30 bits per heavy atom. The molecule has 1 rings (SSSR count). The van der Waals surface area contributed by atoms with E-state index in [1.807, 2.05) is 38.1 Å². The van der Waals surface area contributed by atoms with Crippen LogP contribution >= 0.6 is 0 Å². The minimum Gasteiger partial charge on any atom is -0.481 e. The largest absolute Gasteiger partial charge is 0.481 e. The van der Waals surface area contributed by atoms with Crippen LogP contribution in [-0.2, 0) is 9.59 Å².